The topological polar surface area (TPSA) is 103 Å². The Balaban J connectivity index is 2.23. The van der Waals surface area contributed by atoms with Crippen LogP contribution in [0.25, 0.3) is 0 Å². The Labute approximate surface area is 177 Å². The molecule has 164 valence electrons. The molecule has 0 spiro atoms. The molecule has 1 amide bonds. The van der Waals surface area contributed by atoms with Crippen molar-refractivity contribution in [3.8, 4) is 11.5 Å². The zero-order valence-electron chi connectivity index (χ0n) is 17.4. The van der Waals surface area contributed by atoms with E-state index >= 15 is 0 Å². The van der Waals surface area contributed by atoms with Crippen LogP contribution < -0.4 is 19.5 Å². The van der Waals surface area contributed by atoms with Gasteiger partial charge in [-0.05, 0) is 30.5 Å². The van der Waals surface area contributed by atoms with Gasteiger partial charge in [-0.25, -0.2) is 8.42 Å². The first-order chi connectivity index (χ1) is 14.4. The normalized spacial score (nSPS) is 12.2. The molecule has 2 aromatic rings. The molecule has 1 atom stereocenters. The number of nitrogens with one attached hydrogen (secondary N) is 2. The molecule has 8 nitrogen and oxygen atoms in total. The van der Waals surface area contributed by atoms with Crippen molar-refractivity contribution in [3.05, 3.63) is 54.1 Å². The predicted octanol–water partition coefficient (Wildman–Crippen LogP) is 1.75. The number of carbonyl (C=O) groups excluding carboxylic acids is 1. The van der Waals surface area contributed by atoms with Gasteiger partial charge in [0.15, 0.2) is 11.5 Å². The summed E-state index contributed by atoms with van der Waals surface area (Å²) in [6, 6.07) is 12.5. The zero-order chi connectivity index (χ0) is 22.0. The van der Waals surface area contributed by atoms with Crippen LogP contribution in [-0.2, 0) is 26.0 Å². The van der Waals surface area contributed by atoms with Crippen molar-refractivity contribution in [3.63, 3.8) is 0 Å². The first-order valence-electron chi connectivity index (χ1n) is 9.46. The van der Waals surface area contributed by atoms with Crippen LogP contribution in [0, 0.1) is 0 Å². The van der Waals surface area contributed by atoms with Crippen LogP contribution in [0.2, 0.25) is 0 Å². The third-order valence-corrected chi connectivity index (χ3v) is 5.86. The first kappa shape index (κ1) is 23.7. The molecule has 0 bridgehead atoms. The number of benzene rings is 2. The molecule has 9 heteroatoms. The van der Waals surface area contributed by atoms with Gasteiger partial charge >= 0.3 is 0 Å². The van der Waals surface area contributed by atoms with Gasteiger partial charge in [0.05, 0.1) is 19.1 Å². The highest BCUT2D eigenvalue weighted by molar-refractivity contribution is 7.89. The lowest BCUT2D eigenvalue weighted by atomic mass is 10.1. The fraction of sp³-hybridized carbons (Fsp3) is 0.381. The Morgan fingerprint density at radius 2 is 1.70 bits per heavy atom. The molecule has 0 heterocycles. The van der Waals surface area contributed by atoms with Crippen LogP contribution in [0.5, 0.6) is 11.5 Å². The van der Waals surface area contributed by atoms with Gasteiger partial charge in [-0.15, -0.1) is 0 Å². The molecule has 0 aliphatic heterocycles. The van der Waals surface area contributed by atoms with Gasteiger partial charge in [-0.3, -0.25) is 4.79 Å². The largest absolute Gasteiger partial charge is 0.493 e. The van der Waals surface area contributed by atoms with Gasteiger partial charge in [-0.1, -0.05) is 30.3 Å². The Kier molecular flexibility index (Phi) is 9.10. The van der Waals surface area contributed by atoms with Crippen molar-refractivity contribution < 1.29 is 27.4 Å². The summed E-state index contributed by atoms with van der Waals surface area (Å²) in [7, 11) is 0.482. The molecule has 2 aromatic carbocycles. The molecule has 0 aromatic heterocycles. The summed E-state index contributed by atoms with van der Waals surface area (Å²) in [5.41, 5.74) is 0.838. The fourth-order valence-electron chi connectivity index (χ4n) is 2.83. The molecule has 0 saturated heterocycles. The first-order valence-corrected chi connectivity index (χ1v) is 10.9. The molecule has 2 N–H and O–H groups in total. The van der Waals surface area contributed by atoms with E-state index in [1.54, 1.807) is 7.11 Å². The van der Waals surface area contributed by atoms with Crippen LogP contribution >= 0.6 is 0 Å². The van der Waals surface area contributed by atoms with E-state index in [1.165, 1.54) is 32.4 Å². The molecule has 0 fully saturated rings. The lowest BCUT2D eigenvalue weighted by molar-refractivity contribution is -0.122. The highest BCUT2D eigenvalue weighted by atomic mass is 32.2. The summed E-state index contributed by atoms with van der Waals surface area (Å²) in [5.74, 6) is 0.288. The second-order valence-corrected chi connectivity index (χ2v) is 8.23. The number of carbonyl (C=O) groups is 1. The minimum Gasteiger partial charge on any atom is -0.493 e. The molecule has 30 heavy (non-hydrogen) atoms. The second kappa shape index (κ2) is 11.5. The third kappa shape index (κ3) is 6.72. The van der Waals surface area contributed by atoms with Crippen molar-refractivity contribution in [2.24, 2.45) is 0 Å². The van der Waals surface area contributed by atoms with E-state index in [-0.39, 0.29) is 17.1 Å². The van der Waals surface area contributed by atoms with E-state index in [4.69, 9.17) is 14.2 Å². The maximum Gasteiger partial charge on any atom is 0.241 e. The molecule has 0 saturated carbocycles. The minimum atomic E-state index is -3.99. The quantitative estimate of drug-likeness (QED) is 0.492. The molecule has 0 aliphatic rings. The number of amides is 1. The van der Waals surface area contributed by atoms with E-state index in [2.05, 4.69) is 10.0 Å². The van der Waals surface area contributed by atoms with Crippen molar-refractivity contribution in [2.45, 2.75) is 23.8 Å². The van der Waals surface area contributed by atoms with E-state index in [1.807, 2.05) is 30.3 Å². The highest BCUT2D eigenvalue weighted by Gasteiger charge is 2.26. The maximum absolute atomic E-state index is 13.0. The summed E-state index contributed by atoms with van der Waals surface area (Å²) >= 11 is 0. The average Bonchev–Trinajstić information content (AvgIpc) is 2.76. The van der Waals surface area contributed by atoms with E-state index in [0.717, 1.165) is 5.56 Å². The van der Waals surface area contributed by atoms with Gasteiger partial charge in [0, 0.05) is 26.3 Å². The van der Waals surface area contributed by atoms with Crippen LogP contribution in [0.15, 0.2) is 53.4 Å². The van der Waals surface area contributed by atoms with Crippen LogP contribution in [0.4, 0.5) is 0 Å². The molecular weight excluding hydrogens is 408 g/mol. The number of rotatable bonds is 12. The summed E-state index contributed by atoms with van der Waals surface area (Å²) < 4.78 is 43.8. The summed E-state index contributed by atoms with van der Waals surface area (Å²) in [4.78, 5) is 12.7. The number of hydrogen-bond acceptors (Lipinski definition) is 6. The Hall–Kier alpha value is -2.62. The summed E-state index contributed by atoms with van der Waals surface area (Å²) in [6.07, 6.45) is 0.839. The van der Waals surface area contributed by atoms with Crippen LogP contribution in [0.1, 0.15) is 12.0 Å². The highest BCUT2D eigenvalue weighted by Crippen LogP contribution is 2.29. The Bertz CT molecular complexity index is 918. The fourth-order valence-corrected chi connectivity index (χ4v) is 4.04. The lowest BCUT2D eigenvalue weighted by Gasteiger charge is -2.19. The predicted molar refractivity (Wildman–Crippen MR) is 113 cm³/mol. The maximum atomic E-state index is 13.0. The smallest absolute Gasteiger partial charge is 0.241 e. The van der Waals surface area contributed by atoms with Crippen LogP contribution in [-0.4, -0.2) is 54.8 Å². The van der Waals surface area contributed by atoms with Crippen molar-refractivity contribution >= 4 is 15.9 Å². The van der Waals surface area contributed by atoms with Crippen molar-refractivity contribution in [1.82, 2.24) is 10.0 Å². The van der Waals surface area contributed by atoms with Crippen molar-refractivity contribution in [1.29, 1.82) is 0 Å². The van der Waals surface area contributed by atoms with Crippen molar-refractivity contribution in [2.75, 3.05) is 34.5 Å². The Morgan fingerprint density at radius 1 is 1.00 bits per heavy atom. The average molecular weight is 437 g/mol. The molecule has 0 aliphatic carbocycles. The number of sulfonamides is 1. The van der Waals surface area contributed by atoms with Gasteiger partial charge in [0.1, 0.15) is 6.04 Å². The third-order valence-electron chi connectivity index (χ3n) is 4.39. The summed E-state index contributed by atoms with van der Waals surface area (Å²) in [5, 5.41) is 2.76. The van der Waals surface area contributed by atoms with Gasteiger partial charge in [0.2, 0.25) is 15.9 Å². The molecule has 2 rings (SSSR count). The van der Waals surface area contributed by atoms with Gasteiger partial charge < -0.3 is 19.5 Å². The SMILES string of the molecule is COCCCNC(=O)[C@@H](Cc1ccccc1)NS(=O)(=O)c1ccc(OC)c(OC)c1. The van der Waals surface area contributed by atoms with E-state index in [9.17, 15) is 13.2 Å². The standard InChI is InChI=1S/C21H28N2O6S/c1-27-13-7-12-22-21(24)18(14-16-8-5-4-6-9-16)23-30(25,26)17-10-11-19(28-2)20(15-17)29-3/h4-6,8-11,15,18,23H,7,12-14H2,1-3H3,(H,22,24)/t18-/m1/s1. The molecular formula is C21H28N2O6S. The zero-order valence-corrected chi connectivity index (χ0v) is 18.2. The number of hydrogen-bond donors (Lipinski definition) is 2. The lowest BCUT2D eigenvalue weighted by Crippen LogP contribution is -2.48. The molecule has 0 unspecified atom stereocenters. The summed E-state index contributed by atoms with van der Waals surface area (Å²) in [6.45, 7) is 0.886. The monoisotopic (exact) mass is 436 g/mol. The number of ether oxygens (including phenoxy) is 3. The second-order valence-electron chi connectivity index (χ2n) is 6.52. The van der Waals surface area contributed by atoms with Gasteiger partial charge in [-0.2, -0.15) is 4.72 Å². The van der Waals surface area contributed by atoms with E-state index < -0.39 is 22.0 Å². The van der Waals surface area contributed by atoms with E-state index in [0.29, 0.717) is 25.3 Å². The van der Waals surface area contributed by atoms with Crippen LogP contribution in [0.3, 0.4) is 0 Å². The number of methoxy groups -OCH3 is 3. The molecule has 0 radical (unpaired) electrons. The Morgan fingerprint density at radius 3 is 2.33 bits per heavy atom. The minimum absolute atomic E-state index is 0.0228. The van der Waals surface area contributed by atoms with Gasteiger partial charge in [0.25, 0.3) is 0 Å².